The van der Waals surface area contributed by atoms with Gasteiger partial charge in [0.1, 0.15) is 5.84 Å². The van der Waals surface area contributed by atoms with Gasteiger partial charge in [-0.2, -0.15) is 0 Å². The van der Waals surface area contributed by atoms with Crippen molar-refractivity contribution >= 4 is 11.5 Å². The number of nitrogens with one attached hydrogen (secondary N) is 2. The molecule has 0 aliphatic carbocycles. The molecule has 0 radical (unpaired) electrons. The SMILES string of the molecule is COc1ncccc1C(=N)Nc1ccc(F)c(F)c1F. The minimum Gasteiger partial charge on any atom is -0.480 e. The van der Waals surface area contributed by atoms with Gasteiger partial charge in [0.25, 0.3) is 0 Å². The Kier molecular flexibility index (Phi) is 3.88. The Morgan fingerprint density at radius 3 is 2.65 bits per heavy atom. The molecule has 2 aromatic rings. The van der Waals surface area contributed by atoms with E-state index in [0.717, 1.165) is 12.1 Å². The first-order valence-electron chi connectivity index (χ1n) is 5.53. The normalized spacial score (nSPS) is 10.2. The zero-order valence-electron chi connectivity index (χ0n) is 10.4. The second kappa shape index (κ2) is 5.60. The lowest BCUT2D eigenvalue weighted by Crippen LogP contribution is -2.15. The molecule has 0 saturated carbocycles. The summed E-state index contributed by atoms with van der Waals surface area (Å²) in [6, 6.07) is 4.87. The van der Waals surface area contributed by atoms with Crippen LogP contribution in [0.1, 0.15) is 5.56 Å². The van der Waals surface area contributed by atoms with Gasteiger partial charge in [-0.15, -0.1) is 0 Å². The minimum absolute atomic E-state index is 0.160. The number of pyridine rings is 1. The molecule has 0 aliphatic heterocycles. The molecule has 0 fully saturated rings. The van der Waals surface area contributed by atoms with Crippen molar-refractivity contribution in [3.05, 3.63) is 53.5 Å². The predicted molar refractivity (Wildman–Crippen MR) is 67.6 cm³/mol. The number of halogens is 3. The summed E-state index contributed by atoms with van der Waals surface area (Å²) in [5.41, 5.74) is -0.0843. The number of hydrogen-bond donors (Lipinski definition) is 2. The largest absolute Gasteiger partial charge is 0.480 e. The topological polar surface area (TPSA) is 58.0 Å². The van der Waals surface area contributed by atoms with Gasteiger partial charge in [0.05, 0.1) is 18.4 Å². The van der Waals surface area contributed by atoms with Crippen LogP contribution in [0.25, 0.3) is 0 Å². The summed E-state index contributed by atoms with van der Waals surface area (Å²) in [5, 5.41) is 10.2. The number of aromatic nitrogens is 1. The predicted octanol–water partition coefficient (Wildman–Crippen LogP) is 2.94. The van der Waals surface area contributed by atoms with Gasteiger partial charge in [-0.1, -0.05) is 0 Å². The van der Waals surface area contributed by atoms with Gasteiger partial charge in [0, 0.05) is 6.20 Å². The standard InChI is InChI=1S/C13H10F3N3O/c1-20-13-7(3-2-6-18-13)12(17)19-9-5-4-8(14)10(15)11(9)16/h2-6H,1H3,(H2,17,19). The second-order valence-corrected chi connectivity index (χ2v) is 3.78. The first-order valence-corrected chi connectivity index (χ1v) is 5.53. The van der Waals surface area contributed by atoms with E-state index >= 15 is 0 Å². The molecule has 0 unspecified atom stereocenters. The summed E-state index contributed by atoms with van der Waals surface area (Å²) in [7, 11) is 1.37. The number of hydrogen-bond acceptors (Lipinski definition) is 3. The fourth-order valence-corrected chi connectivity index (χ4v) is 1.57. The highest BCUT2D eigenvalue weighted by atomic mass is 19.2. The molecule has 104 valence electrons. The van der Waals surface area contributed by atoms with E-state index < -0.39 is 17.5 Å². The fraction of sp³-hybridized carbons (Fsp3) is 0.0769. The zero-order valence-corrected chi connectivity index (χ0v) is 10.4. The Labute approximate surface area is 112 Å². The number of rotatable bonds is 3. The van der Waals surface area contributed by atoms with E-state index in [1.54, 1.807) is 6.07 Å². The highest BCUT2D eigenvalue weighted by Gasteiger charge is 2.16. The molecule has 4 nitrogen and oxygen atoms in total. The van der Waals surface area contributed by atoms with E-state index in [1.807, 2.05) is 0 Å². The molecule has 0 saturated heterocycles. The molecule has 0 atom stereocenters. The Morgan fingerprint density at radius 1 is 1.20 bits per heavy atom. The van der Waals surface area contributed by atoms with E-state index in [2.05, 4.69) is 10.3 Å². The van der Waals surface area contributed by atoms with Crippen molar-refractivity contribution in [2.75, 3.05) is 12.4 Å². The fourth-order valence-electron chi connectivity index (χ4n) is 1.57. The van der Waals surface area contributed by atoms with Gasteiger partial charge in [-0.25, -0.2) is 18.2 Å². The molecular formula is C13H10F3N3O. The summed E-state index contributed by atoms with van der Waals surface area (Å²) < 4.78 is 44.4. The first-order chi connectivity index (χ1) is 9.54. The molecule has 0 amide bonds. The Balaban J connectivity index is 2.31. The molecule has 2 rings (SSSR count). The average Bonchev–Trinajstić information content (AvgIpc) is 2.47. The van der Waals surface area contributed by atoms with Crippen LogP contribution in [-0.4, -0.2) is 17.9 Å². The number of anilines is 1. The van der Waals surface area contributed by atoms with Crippen LogP contribution in [0, 0.1) is 22.9 Å². The molecule has 0 spiro atoms. The van der Waals surface area contributed by atoms with Crippen LogP contribution >= 0.6 is 0 Å². The minimum atomic E-state index is -1.60. The molecular weight excluding hydrogens is 271 g/mol. The lowest BCUT2D eigenvalue weighted by Gasteiger charge is -2.11. The Morgan fingerprint density at radius 2 is 1.95 bits per heavy atom. The molecule has 1 heterocycles. The summed E-state index contributed by atoms with van der Waals surface area (Å²) in [5.74, 6) is -4.37. The van der Waals surface area contributed by atoms with Crippen molar-refractivity contribution in [1.29, 1.82) is 5.41 Å². The van der Waals surface area contributed by atoms with Gasteiger partial charge in [-0.05, 0) is 24.3 Å². The van der Waals surface area contributed by atoms with Crippen molar-refractivity contribution in [3.63, 3.8) is 0 Å². The number of amidine groups is 1. The van der Waals surface area contributed by atoms with Crippen molar-refractivity contribution in [2.24, 2.45) is 0 Å². The Hall–Kier alpha value is -2.57. The number of nitrogens with zero attached hydrogens (tertiary/aromatic N) is 1. The summed E-state index contributed by atoms with van der Waals surface area (Å²) in [6.45, 7) is 0. The average molecular weight is 281 g/mol. The van der Waals surface area contributed by atoms with Crippen molar-refractivity contribution in [1.82, 2.24) is 4.98 Å². The number of ether oxygens (including phenoxy) is 1. The van der Waals surface area contributed by atoms with Gasteiger partial charge >= 0.3 is 0 Å². The highest BCUT2D eigenvalue weighted by molar-refractivity contribution is 6.07. The lowest BCUT2D eigenvalue weighted by atomic mass is 10.2. The highest BCUT2D eigenvalue weighted by Crippen LogP contribution is 2.21. The molecule has 0 aliphatic rings. The summed E-state index contributed by atoms with van der Waals surface area (Å²) in [6.07, 6.45) is 1.47. The molecule has 7 heteroatoms. The molecule has 2 N–H and O–H groups in total. The van der Waals surface area contributed by atoms with E-state index in [0.29, 0.717) is 0 Å². The molecule has 1 aromatic heterocycles. The van der Waals surface area contributed by atoms with Gasteiger partial charge in [0.2, 0.25) is 5.88 Å². The van der Waals surface area contributed by atoms with E-state index in [9.17, 15) is 13.2 Å². The smallest absolute Gasteiger partial charge is 0.224 e. The summed E-state index contributed by atoms with van der Waals surface area (Å²) >= 11 is 0. The lowest BCUT2D eigenvalue weighted by molar-refractivity contribution is 0.397. The number of methoxy groups -OCH3 is 1. The first kappa shape index (κ1) is 13.9. The Bertz CT molecular complexity index is 661. The van der Waals surface area contributed by atoms with Crippen LogP contribution in [-0.2, 0) is 0 Å². The van der Waals surface area contributed by atoms with Crippen molar-refractivity contribution in [2.45, 2.75) is 0 Å². The second-order valence-electron chi connectivity index (χ2n) is 3.78. The zero-order chi connectivity index (χ0) is 14.7. The van der Waals surface area contributed by atoms with Crippen LogP contribution in [0.2, 0.25) is 0 Å². The van der Waals surface area contributed by atoms with Crippen molar-refractivity contribution in [3.8, 4) is 5.88 Å². The van der Waals surface area contributed by atoms with Crippen LogP contribution < -0.4 is 10.1 Å². The quantitative estimate of drug-likeness (QED) is 0.516. The maximum absolute atomic E-state index is 13.5. The van der Waals surface area contributed by atoms with Crippen LogP contribution in [0.15, 0.2) is 30.5 Å². The molecule has 20 heavy (non-hydrogen) atoms. The van der Waals surface area contributed by atoms with Gasteiger partial charge in [-0.3, -0.25) is 5.41 Å². The van der Waals surface area contributed by atoms with E-state index in [1.165, 1.54) is 19.4 Å². The third-order valence-corrected chi connectivity index (χ3v) is 2.53. The maximum atomic E-state index is 13.5. The maximum Gasteiger partial charge on any atom is 0.224 e. The molecule has 0 bridgehead atoms. The van der Waals surface area contributed by atoms with E-state index in [-0.39, 0.29) is 23.0 Å². The van der Waals surface area contributed by atoms with Gasteiger partial charge < -0.3 is 10.1 Å². The van der Waals surface area contributed by atoms with Crippen LogP contribution in [0.3, 0.4) is 0 Å². The monoisotopic (exact) mass is 281 g/mol. The number of benzene rings is 1. The third kappa shape index (κ3) is 2.56. The van der Waals surface area contributed by atoms with Crippen LogP contribution in [0.5, 0.6) is 5.88 Å². The summed E-state index contributed by atoms with van der Waals surface area (Å²) in [4.78, 5) is 3.88. The third-order valence-electron chi connectivity index (χ3n) is 2.53. The van der Waals surface area contributed by atoms with Crippen LogP contribution in [0.4, 0.5) is 18.9 Å². The van der Waals surface area contributed by atoms with Crippen molar-refractivity contribution < 1.29 is 17.9 Å². The van der Waals surface area contributed by atoms with Gasteiger partial charge in [0.15, 0.2) is 17.5 Å². The van der Waals surface area contributed by atoms with E-state index in [4.69, 9.17) is 10.1 Å². The molecule has 1 aromatic carbocycles.